The van der Waals surface area contributed by atoms with Crippen LogP contribution in [0.15, 0.2) is 43.0 Å². The third kappa shape index (κ3) is 3.81. The van der Waals surface area contributed by atoms with Crippen molar-refractivity contribution in [1.82, 2.24) is 15.3 Å². The summed E-state index contributed by atoms with van der Waals surface area (Å²) in [5, 5.41) is 12.7. The zero-order valence-electron chi connectivity index (χ0n) is 20.7. The molecule has 2 aromatic rings. The number of nitrogens with zero attached hydrogens (tertiary/aromatic N) is 5. The molecule has 2 saturated carbocycles. The third-order valence-corrected chi connectivity index (χ3v) is 8.43. The summed E-state index contributed by atoms with van der Waals surface area (Å²) >= 11 is 0. The summed E-state index contributed by atoms with van der Waals surface area (Å²) in [5.74, 6) is 0.348. The van der Waals surface area contributed by atoms with Crippen LogP contribution in [-0.4, -0.2) is 39.6 Å². The number of pyridine rings is 2. The fraction of sp³-hybridized carbons (Fsp3) is 0.481. The highest BCUT2D eigenvalue weighted by atomic mass is 19.4. The molecule has 1 N–H and O–H groups in total. The van der Waals surface area contributed by atoms with E-state index >= 15 is 0 Å². The first-order valence-electron chi connectivity index (χ1n) is 12.8. The number of amides is 1. The van der Waals surface area contributed by atoms with Gasteiger partial charge in [0.15, 0.2) is 5.69 Å². The van der Waals surface area contributed by atoms with Crippen molar-refractivity contribution in [1.29, 1.82) is 5.26 Å². The molecule has 0 radical (unpaired) electrons. The molecule has 2 aromatic heterocycles. The van der Waals surface area contributed by atoms with Crippen LogP contribution >= 0.6 is 0 Å². The summed E-state index contributed by atoms with van der Waals surface area (Å²) in [4.78, 5) is 24.8. The number of hydrogen-bond acceptors (Lipinski definition) is 7. The van der Waals surface area contributed by atoms with Crippen molar-refractivity contribution in [3.8, 4) is 11.9 Å². The van der Waals surface area contributed by atoms with E-state index in [9.17, 15) is 18.0 Å². The van der Waals surface area contributed by atoms with Gasteiger partial charge in [0.25, 0.3) is 5.91 Å². The van der Waals surface area contributed by atoms with Crippen molar-refractivity contribution in [2.45, 2.75) is 74.7 Å². The van der Waals surface area contributed by atoms with Crippen LogP contribution < -0.4 is 19.9 Å². The van der Waals surface area contributed by atoms with Crippen molar-refractivity contribution in [3.63, 3.8) is 0 Å². The molecule has 4 heterocycles. The smallest absolute Gasteiger partial charge is 0.419 e. The normalized spacial score (nSPS) is 23.8. The van der Waals surface area contributed by atoms with Gasteiger partial charge in [0.1, 0.15) is 23.5 Å². The van der Waals surface area contributed by atoms with Gasteiger partial charge in [-0.25, -0.2) is 9.97 Å². The lowest BCUT2D eigenvalue weighted by Crippen LogP contribution is -2.57. The zero-order valence-corrected chi connectivity index (χ0v) is 20.7. The molecule has 6 rings (SSSR count). The lowest BCUT2D eigenvalue weighted by molar-refractivity contribution is -0.138. The predicted octanol–water partition coefficient (Wildman–Crippen LogP) is 4.67. The van der Waals surface area contributed by atoms with Crippen LogP contribution in [-0.2, 0) is 11.0 Å². The lowest BCUT2D eigenvalue weighted by atomic mass is 9.71. The molecule has 4 aliphatic rings. The molecule has 4 fully saturated rings. The predicted molar refractivity (Wildman–Crippen MR) is 132 cm³/mol. The minimum atomic E-state index is -4.79. The molecular formula is C27H27F3N6O2. The molecule has 2 saturated heterocycles. The van der Waals surface area contributed by atoms with E-state index in [4.69, 9.17) is 10.00 Å². The number of carbonyl (C=O) groups excluding carboxylic acids is 1. The third-order valence-electron chi connectivity index (χ3n) is 8.43. The Kier molecular flexibility index (Phi) is 5.65. The summed E-state index contributed by atoms with van der Waals surface area (Å²) in [5.41, 5.74) is -2.16. The van der Waals surface area contributed by atoms with Crippen molar-refractivity contribution >= 4 is 17.3 Å². The van der Waals surface area contributed by atoms with Gasteiger partial charge in [0, 0.05) is 18.0 Å². The van der Waals surface area contributed by atoms with E-state index in [-0.39, 0.29) is 29.1 Å². The minimum absolute atomic E-state index is 0.0798. The summed E-state index contributed by atoms with van der Waals surface area (Å²) in [6.45, 7) is 4.98. The second-order valence-corrected chi connectivity index (χ2v) is 10.6. The Balaban J connectivity index is 1.26. The first kappa shape index (κ1) is 24.7. The number of aromatic nitrogens is 2. The van der Waals surface area contributed by atoms with Gasteiger partial charge in [-0.05, 0) is 63.6 Å². The van der Waals surface area contributed by atoms with Gasteiger partial charge in [-0.1, -0.05) is 6.58 Å². The van der Waals surface area contributed by atoms with E-state index in [0.29, 0.717) is 24.4 Å². The molecule has 1 unspecified atom stereocenters. The maximum Gasteiger partial charge on any atom is 0.419 e. The van der Waals surface area contributed by atoms with Crippen molar-refractivity contribution in [2.75, 3.05) is 16.3 Å². The highest BCUT2D eigenvalue weighted by Gasteiger charge is 2.59. The molecule has 0 aromatic carbocycles. The van der Waals surface area contributed by atoms with Gasteiger partial charge >= 0.3 is 6.18 Å². The standard InChI is InChI=1S/C27H27F3N6O2/c1-17-35(19-12-21(27(28,29)30)22(14-31)32-16-19)24(37)26(9-3-10-26)36(17)18-4-5-23(33-15-18)38-20-6-11-34-25(13-20)7-2-8-25/h4-5,12,15-16,20,34H,1-3,6-11,13H2. The monoisotopic (exact) mass is 524 g/mol. The molecule has 11 heteroatoms. The van der Waals surface area contributed by atoms with Gasteiger partial charge in [0.2, 0.25) is 5.88 Å². The number of carbonyl (C=O) groups is 1. The largest absolute Gasteiger partial charge is 0.474 e. The van der Waals surface area contributed by atoms with E-state index < -0.39 is 23.0 Å². The minimum Gasteiger partial charge on any atom is -0.474 e. The number of piperidine rings is 1. The number of nitriles is 1. The Morgan fingerprint density at radius 2 is 1.87 bits per heavy atom. The van der Waals surface area contributed by atoms with Crippen LogP contribution in [0.1, 0.15) is 62.6 Å². The maximum absolute atomic E-state index is 13.6. The number of rotatable bonds is 4. The number of hydrogen-bond donors (Lipinski definition) is 1. The number of anilines is 2. The molecule has 0 bridgehead atoms. The van der Waals surface area contributed by atoms with E-state index in [1.165, 1.54) is 30.2 Å². The first-order valence-corrected chi connectivity index (χ1v) is 12.8. The van der Waals surface area contributed by atoms with Gasteiger partial charge < -0.3 is 15.0 Å². The Morgan fingerprint density at radius 3 is 2.45 bits per heavy atom. The Labute approximate surface area is 218 Å². The Hall–Kier alpha value is -3.65. The molecule has 1 atom stereocenters. The fourth-order valence-electron chi connectivity index (χ4n) is 6.20. The van der Waals surface area contributed by atoms with Gasteiger partial charge in [-0.3, -0.25) is 9.69 Å². The van der Waals surface area contributed by atoms with Crippen molar-refractivity contribution in [3.05, 3.63) is 54.3 Å². The number of nitrogens with one attached hydrogen (secondary N) is 1. The fourth-order valence-corrected chi connectivity index (χ4v) is 6.20. The van der Waals surface area contributed by atoms with E-state index in [1.54, 1.807) is 17.2 Å². The summed E-state index contributed by atoms with van der Waals surface area (Å²) in [6, 6.07) is 5.83. The second-order valence-electron chi connectivity index (χ2n) is 10.6. The highest BCUT2D eigenvalue weighted by Crippen LogP contribution is 2.50. The van der Waals surface area contributed by atoms with Crippen LogP contribution in [0.5, 0.6) is 5.88 Å². The summed E-state index contributed by atoms with van der Waals surface area (Å²) in [6.07, 6.45) is 5.31. The summed E-state index contributed by atoms with van der Waals surface area (Å²) < 4.78 is 47.0. The Bertz CT molecular complexity index is 1330. The van der Waals surface area contributed by atoms with Crippen molar-refractivity contribution in [2.24, 2.45) is 0 Å². The SMILES string of the molecule is C=C1N(c2cnc(C#N)c(C(F)(F)F)c2)C(=O)C2(CCC2)N1c1ccc(OC2CCNC3(CCC3)C2)nc1. The van der Waals surface area contributed by atoms with Crippen LogP contribution in [0.4, 0.5) is 24.5 Å². The highest BCUT2D eigenvalue weighted by molar-refractivity contribution is 6.10. The van der Waals surface area contributed by atoms with Gasteiger partial charge in [-0.2, -0.15) is 18.4 Å². The molecule has 2 spiro atoms. The molecule has 1 amide bonds. The number of alkyl halides is 3. The van der Waals surface area contributed by atoms with Gasteiger partial charge in [0.05, 0.1) is 29.3 Å². The Morgan fingerprint density at radius 1 is 1.13 bits per heavy atom. The molecule has 2 aliphatic carbocycles. The quantitative estimate of drug-likeness (QED) is 0.621. The maximum atomic E-state index is 13.6. The number of ether oxygens (including phenoxy) is 1. The molecule has 2 aliphatic heterocycles. The van der Waals surface area contributed by atoms with Gasteiger partial charge in [-0.15, -0.1) is 0 Å². The van der Waals surface area contributed by atoms with Crippen LogP contribution in [0.2, 0.25) is 0 Å². The average molecular weight is 525 g/mol. The zero-order chi connectivity index (χ0) is 26.7. The molecule has 8 nitrogen and oxygen atoms in total. The van der Waals surface area contributed by atoms with Crippen molar-refractivity contribution < 1.29 is 22.7 Å². The molecule has 38 heavy (non-hydrogen) atoms. The molecular weight excluding hydrogens is 497 g/mol. The van der Waals surface area contributed by atoms with Crippen LogP contribution in [0.3, 0.4) is 0 Å². The van der Waals surface area contributed by atoms with E-state index in [0.717, 1.165) is 38.1 Å². The van der Waals surface area contributed by atoms with E-state index in [1.807, 2.05) is 6.07 Å². The van der Waals surface area contributed by atoms with E-state index in [2.05, 4.69) is 21.9 Å². The lowest BCUT2D eigenvalue weighted by Gasteiger charge is -2.48. The second kappa shape index (κ2) is 8.70. The first-order chi connectivity index (χ1) is 18.2. The topological polar surface area (TPSA) is 94.4 Å². The average Bonchev–Trinajstić information content (AvgIpc) is 3.09. The number of halogens is 3. The summed E-state index contributed by atoms with van der Waals surface area (Å²) in [7, 11) is 0. The van der Waals surface area contributed by atoms with Crippen LogP contribution in [0, 0.1) is 11.3 Å². The van der Waals surface area contributed by atoms with Crippen LogP contribution in [0.25, 0.3) is 0 Å². The molecule has 198 valence electrons.